The Kier molecular flexibility index (Phi) is 7.65. The summed E-state index contributed by atoms with van der Waals surface area (Å²) in [7, 11) is 0. The lowest BCUT2D eigenvalue weighted by atomic mass is 9.78. The number of hydrogen-bond donors (Lipinski definition) is 0. The Bertz CT molecular complexity index is 708. The lowest BCUT2D eigenvalue weighted by molar-refractivity contribution is -0.386. The monoisotopic (exact) mass is 363 g/mol. The fourth-order valence-electron chi connectivity index (χ4n) is 2.56. The van der Waals surface area contributed by atoms with Crippen molar-refractivity contribution in [2.45, 2.75) is 45.4 Å². The third-order valence-electron chi connectivity index (χ3n) is 3.69. The molecule has 0 bridgehead atoms. The van der Waals surface area contributed by atoms with Gasteiger partial charge in [0.1, 0.15) is 5.69 Å². The number of nitrogens with zero attached hydrogens (tertiary/aromatic N) is 3. The minimum absolute atomic E-state index is 0.0299. The number of rotatable bonds is 9. The summed E-state index contributed by atoms with van der Waals surface area (Å²) in [6, 6.07) is 3.16. The minimum Gasteiger partial charge on any atom is -0.465 e. The van der Waals surface area contributed by atoms with E-state index in [1.54, 1.807) is 20.8 Å². The molecule has 0 amide bonds. The topological polar surface area (TPSA) is 132 Å². The van der Waals surface area contributed by atoms with Crippen LogP contribution < -0.4 is 0 Å². The molecule has 1 rings (SSSR count). The van der Waals surface area contributed by atoms with E-state index in [2.05, 4.69) is 4.98 Å². The van der Waals surface area contributed by atoms with Gasteiger partial charge in [-0.1, -0.05) is 0 Å². The highest BCUT2D eigenvalue weighted by atomic mass is 16.6. The highest BCUT2D eigenvalue weighted by molar-refractivity contribution is 6.06. The molecule has 0 aliphatic rings. The third-order valence-corrected chi connectivity index (χ3v) is 3.69. The van der Waals surface area contributed by atoms with E-state index < -0.39 is 28.0 Å². The van der Waals surface area contributed by atoms with E-state index >= 15 is 0 Å². The molecule has 9 heteroatoms. The summed E-state index contributed by atoms with van der Waals surface area (Å²) in [5, 5.41) is 20.3. The van der Waals surface area contributed by atoms with Gasteiger partial charge >= 0.3 is 11.9 Å². The van der Waals surface area contributed by atoms with Crippen LogP contribution in [0.1, 0.15) is 44.4 Å². The largest absolute Gasteiger partial charge is 0.465 e. The van der Waals surface area contributed by atoms with Crippen LogP contribution in [-0.2, 0) is 24.5 Å². The Hall–Kier alpha value is -3.02. The van der Waals surface area contributed by atoms with E-state index in [1.807, 2.05) is 6.07 Å². The first kappa shape index (κ1) is 21.0. The average Bonchev–Trinajstić information content (AvgIpc) is 2.59. The fraction of sp³-hybridized carbons (Fsp3) is 0.529. The smallest absolute Gasteiger partial charge is 0.330 e. The van der Waals surface area contributed by atoms with Crippen LogP contribution in [0.2, 0.25) is 0 Å². The molecule has 0 fully saturated rings. The first-order valence-corrected chi connectivity index (χ1v) is 8.18. The normalized spacial score (nSPS) is 10.7. The van der Waals surface area contributed by atoms with Gasteiger partial charge in [0.25, 0.3) is 5.69 Å². The van der Waals surface area contributed by atoms with Crippen LogP contribution in [0.15, 0.2) is 12.3 Å². The van der Waals surface area contributed by atoms with Crippen molar-refractivity contribution in [1.82, 2.24) is 4.98 Å². The lowest BCUT2D eigenvalue weighted by Gasteiger charge is -2.28. The number of carbonyl (C=O) groups excluding carboxylic acids is 2. The van der Waals surface area contributed by atoms with Gasteiger partial charge in [0.05, 0.1) is 24.2 Å². The maximum absolute atomic E-state index is 12.8. The molecule has 140 valence electrons. The van der Waals surface area contributed by atoms with Gasteiger partial charge in [-0.15, -0.1) is 0 Å². The average molecular weight is 363 g/mol. The summed E-state index contributed by atoms with van der Waals surface area (Å²) in [6.45, 7) is 4.66. The zero-order valence-electron chi connectivity index (χ0n) is 15.0. The number of esters is 2. The Balaban J connectivity index is 3.70. The predicted molar refractivity (Wildman–Crippen MR) is 90.0 cm³/mol. The van der Waals surface area contributed by atoms with Crippen LogP contribution in [0.25, 0.3) is 0 Å². The van der Waals surface area contributed by atoms with Gasteiger partial charge in [0, 0.05) is 18.7 Å². The summed E-state index contributed by atoms with van der Waals surface area (Å²) in [5.74, 6) is -1.95. The number of pyridine rings is 1. The number of unbranched alkanes of at least 4 members (excludes halogenated alkanes) is 1. The Morgan fingerprint density at radius 2 is 1.88 bits per heavy atom. The van der Waals surface area contributed by atoms with Crippen molar-refractivity contribution in [1.29, 1.82) is 5.26 Å². The van der Waals surface area contributed by atoms with Crippen LogP contribution in [0.3, 0.4) is 0 Å². The Labute approximate surface area is 151 Å². The maximum Gasteiger partial charge on any atom is 0.330 e. The summed E-state index contributed by atoms with van der Waals surface area (Å²) < 4.78 is 10.1. The molecular weight excluding hydrogens is 342 g/mol. The Morgan fingerprint density at radius 1 is 1.31 bits per heavy atom. The summed E-state index contributed by atoms with van der Waals surface area (Å²) >= 11 is 0. The van der Waals surface area contributed by atoms with Gasteiger partial charge in [0.15, 0.2) is 0 Å². The second kappa shape index (κ2) is 9.46. The van der Waals surface area contributed by atoms with E-state index in [9.17, 15) is 19.7 Å². The predicted octanol–water partition coefficient (Wildman–Crippen LogP) is 2.36. The van der Waals surface area contributed by atoms with Crippen molar-refractivity contribution in [3.63, 3.8) is 0 Å². The molecule has 0 aliphatic heterocycles. The van der Waals surface area contributed by atoms with Gasteiger partial charge in [-0.2, -0.15) is 5.26 Å². The van der Waals surface area contributed by atoms with Gasteiger partial charge in [-0.3, -0.25) is 24.7 Å². The SMILES string of the molecule is CCOC(=O)C(CCCC#N)(C(=O)OCC)c1ncc(C)cc1[N+](=O)[O-]. The molecule has 26 heavy (non-hydrogen) atoms. The van der Waals surface area contributed by atoms with E-state index in [0.717, 1.165) is 0 Å². The molecular formula is C17H21N3O6. The molecule has 0 unspecified atom stereocenters. The molecule has 9 nitrogen and oxygen atoms in total. The molecule has 0 aliphatic carbocycles. The molecule has 0 atom stereocenters. The first-order valence-electron chi connectivity index (χ1n) is 8.18. The molecule has 1 aromatic heterocycles. The van der Waals surface area contributed by atoms with Gasteiger partial charge in [0.2, 0.25) is 5.41 Å². The lowest BCUT2D eigenvalue weighted by Crippen LogP contribution is -2.47. The van der Waals surface area contributed by atoms with Crippen molar-refractivity contribution in [3.8, 4) is 6.07 Å². The molecule has 0 saturated carbocycles. The number of nitro groups is 1. The second-order valence-corrected chi connectivity index (χ2v) is 5.50. The third kappa shape index (κ3) is 4.33. The van der Waals surface area contributed by atoms with E-state index in [0.29, 0.717) is 5.56 Å². The van der Waals surface area contributed by atoms with Crippen LogP contribution >= 0.6 is 0 Å². The molecule has 1 heterocycles. The van der Waals surface area contributed by atoms with Crippen molar-refractivity contribution < 1.29 is 24.0 Å². The zero-order valence-corrected chi connectivity index (χ0v) is 15.0. The van der Waals surface area contributed by atoms with E-state index in [4.69, 9.17) is 14.7 Å². The quantitative estimate of drug-likeness (QED) is 0.215. The van der Waals surface area contributed by atoms with Crippen molar-refractivity contribution in [2.75, 3.05) is 13.2 Å². The van der Waals surface area contributed by atoms with Gasteiger partial charge in [-0.25, -0.2) is 0 Å². The van der Waals surface area contributed by atoms with Crippen LogP contribution in [0, 0.1) is 28.4 Å². The van der Waals surface area contributed by atoms with Crippen LogP contribution in [0.4, 0.5) is 5.69 Å². The second-order valence-electron chi connectivity index (χ2n) is 5.50. The van der Waals surface area contributed by atoms with Gasteiger partial charge in [-0.05, 0) is 39.2 Å². The van der Waals surface area contributed by atoms with Crippen molar-refractivity contribution >= 4 is 17.6 Å². The zero-order chi connectivity index (χ0) is 19.7. The summed E-state index contributed by atoms with van der Waals surface area (Å²) in [6.07, 6.45) is 1.34. The molecule has 0 spiro atoms. The molecule has 1 aromatic rings. The highest BCUT2D eigenvalue weighted by Gasteiger charge is 2.54. The minimum atomic E-state index is -2.10. The maximum atomic E-state index is 12.8. The number of hydrogen-bond acceptors (Lipinski definition) is 8. The van der Waals surface area contributed by atoms with E-state index in [-0.39, 0.29) is 38.2 Å². The number of nitriles is 1. The Morgan fingerprint density at radius 3 is 2.35 bits per heavy atom. The molecule has 0 radical (unpaired) electrons. The number of aromatic nitrogens is 1. The summed E-state index contributed by atoms with van der Waals surface area (Å²) in [4.78, 5) is 40.4. The number of carbonyl (C=O) groups is 2. The van der Waals surface area contributed by atoms with Crippen molar-refractivity contribution in [2.24, 2.45) is 0 Å². The number of ether oxygens (including phenoxy) is 2. The molecule has 0 N–H and O–H groups in total. The van der Waals surface area contributed by atoms with E-state index in [1.165, 1.54) is 12.3 Å². The number of aryl methyl sites for hydroxylation is 1. The highest BCUT2D eigenvalue weighted by Crippen LogP contribution is 2.37. The molecule has 0 saturated heterocycles. The van der Waals surface area contributed by atoms with Crippen LogP contribution in [-0.4, -0.2) is 35.1 Å². The summed E-state index contributed by atoms with van der Waals surface area (Å²) in [5.41, 5.74) is -2.40. The van der Waals surface area contributed by atoms with Crippen molar-refractivity contribution in [3.05, 3.63) is 33.6 Å². The molecule has 0 aromatic carbocycles. The van der Waals surface area contributed by atoms with Gasteiger partial charge < -0.3 is 9.47 Å². The fourth-order valence-corrected chi connectivity index (χ4v) is 2.56. The standard InChI is InChI=1S/C17H21N3O6/c1-4-25-15(21)17(8-6-7-9-18,16(22)26-5-2)14-13(20(23)24)10-12(3)11-19-14/h10-11H,4-8H2,1-3H3. The van der Waals surface area contributed by atoms with Crippen LogP contribution in [0.5, 0.6) is 0 Å². The first-order chi connectivity index (χ1) is 12.3.